The lowest BCUT2D eigenvalue weighted by Gasteiger charge is -2.29. The van der Waals surface area contributed by atoms with Crippen molar-refractivity contribution in [3.05, 3.63) is 52.4 Å². The highest BCUT2D eigenvalue weighted by Crippen LogP contribution is 2.44. The number of benzene rings is 2. The zero-order valence-corrected chi connectivity index (χ0v) is 13.2. The van der Waals surface area contributed by atoms with E-state index in [9.17, 15) is 52.7 Å². The van der Waals surface area contributed by atoms with E-state index in [-0.39, 0.29) is 0 Å². The van der Waals surface area contributed by atoms with E-state index >= 15 is 0 Å². The first-order valence-electron chi connectivity index (χ1n) is 6.99. The Morgan fingerprint density at radius 2 is 0.857 bits per heavy atom. The monoisotopic (exact) mass is 427 g/mol. The van der Waals surface area contributed by atoms with Gasteiger partial charge in [0.1, 0.15) is 0 Å². The zero-order valence-electron chi connectivity index (χ0n) is 13.2. The van der Waals surface area contributed by atoms with Crippen LogP contribution < -0.4 is 4.90 Å². The van der Waals surface area contributed by atoms with Crippen molar-refractivity contribution in [1.29, 1.82) is 0 Å². The molecule has 2 aromatic carbocycles. The molecule has 2 aromatic rings. The Kier molecular flexibility index (Phi) is 5.50. The second kappa shape index (κ2) is 7.09. The van der Waals surface area contributed by atoms with Gasteiger partial charge in [-0.2, -0.15) is 13.2 Å². The summed E-state index contributed by atoms with van der Waals surface area (Å²) in [7, 11) is 0. The third-order valence-corrected chi connectivity index (χ3v) is 3.59. The van der Waals surface area contributed by atoms with E-state index in [0.717, 1.165) is 0 Å². The molecule has 0 bridgehead atoms. The van der Waals surface area contributed by atoms with Crippen molar-refractivity contribution in [2.75, 3.05) is 11.4 Å². The molecule has 2 rings (SSSR count). The average Bonchev–Trinajstić information content (AvgIpc) is 2.62. The molecule has 0 unspecified atom stereocenters. The van der Waals surface area contributed by atoms with Crippen LogP contribution in [0.5, 0.6) is 0 Å². The van der Waals surface area contributed by atoms with Crippen LogP contribution in [0.15, 0.2) is 0 Å². The summed E-state index contributed by atoms with van der Waals surface area (Å²) in [5.74, 6) is -25.1. The van der Waals surface area contributed by atoms with Crippen molar-refractivity contribution in [2.24, 2.45) is 0 Å². The van der Waals surface area contributed by atoms with Gasteiger partial charge in [0.25, 0.3) is 0 Å². The molecule has 13 heteroatoms. The second-order valence-corrected chi connectivity index (χ2v) is 5.14. The van der Waals surface area contributed by atoms with Gasteiger partial charge < -0.3 is 0 Å². The van der Waals surface area contributed by atoms with Crippen molar-refractivity contribution >= 4 is 5.69 Å². The molecule has 0 fully saturated rings. The molecule has 0 amide bonds. The fourth-order valence-electron chi connectivity index (χ4n) is 2.39. The van der Waals surface area contributed by atoms with E-state index < -0.39 is 86.9 Å². The first-order valence-corrected chi connectivity index (χ1v) is 6.99. The summed E-state index contributed by atoms with van der Waals surface area (Å²) in [4.78, 5) is -1.10. The summed E-state index contributed by atoms with van der Waals surface area (Å²) in [5, 5.41) is 0. The van der Waals surface area contributed by atoms with Crippen LogP contribution in [0.3, 0.4) is 0 Å². The van der Waals surface area contributed by atoms with E-state index in [0.29, 0.717) is 6.92 Å². The maximum Gasteiger partial charge on any atom is 0.485 e. The molecule has 0 aliphatic rings. The molecule has 0 atom stereocenters. The molecular weight excluding hydrogens is 422 g/mol. The predicted molar refractivity (Wildman–Crippen MR) is 70.6 cm³/mol. The van der Waals surface area contributed by atoms with Gasteiger partial charge in [-0.3, -0.25) is 4.90 Å². The van der Waals surface area contributed by atoms with Crippen LogP contribution in [0.25, 0.3) is 11.1 Å². The lowest BCUT2D eigenvalue weighted by molar-refractivity contribution is -0.129. The maximum absolute atomic E-state index is 14.1. The quantitative estimate of drug-likeness (QED) is 0.253. The minimum Gasteiger partial charge on any atom is -0.280 e. The molecule has 1 nitrogen and oxygen atoms in total. The van der Waals surface area contributed by atoms with Crippen molar-refractivity contribution in [1.82, 2.24) is 0 Å². The topological polar surface area (TPSA) is 3.24 Å². The number of nitrogens with zero attached hydrogens (tertiary/aromatic N) is 1. The molecular formula is C15H5F12N. The summed E-state index contributed by atoms with van der Waals surface area (Å²) in [6.07, 6.45) is -5.63. The summed E-state index contributed by atoms with van der Waals surface area (Å²) in [6, 6.07) is 0. The van der Waals surface area contributed by atoms with E-state index in [1.165, 1.54) is 0 Å². The average molecular weight is 427 g/mol. The van der Waals surface area contributed by atoms with Crippen LogP contribution in [0.2, 0.25) is 0 Å². The first-order chi connectivity index (χ1) is 12.8. The molecule has 0 heterocycles. The molecule has 28 heavy (non-hydrogen) atoms. The van der Waals surface area contributed by atoms with Crippen molar-refractivity contribution < 1.29 is 52.7 Å². The number of rotatable bonds is 3. The fraction of sp³-hybridized carbons (Fsp3) is 0.200. The van der Waals surface area contributed by atoms with Crippen molar-refractivity contribution in [2.45, 2.75) is 13.2 Å². The standard InChI is InChI=1S/C15H5F12N/c1-2-28(15(25,26)27)14-4(7(18)10(21)12(23)13(14)24)3-5(16)8(19)11(22)9(20)6(3)17/h2H2,1H3. The first kappa shape index (κ1) is 21.7. The van der Waals surface area contributed by atoms with Gasteiger partial charge in [0, 0.05) is 6.54 Å². The third kappa shape index (κ3) is 3.11. The Bertz CT molecular complexity index is 921. The smallest absolute Gasteiger partial charge is 0.280 e. The molecule has 0 N–H and O–H groups in total. The van der Waals surface area contributed by atoms with Crippen molar-refractivity contribution in [3.8, 4) is 11.1 Å². The van der Waals surface area contributed by atoms with E-state index in [1.54, 1.807) is 0 Å². The highest BCUT2D eigenvalue weighted by molar-refractivity contribution is 5.81. The van der Waals surface area contributed by atoms with Gasteiger partial charge in [-0.25, -0.2) is 39.5 Å². The summed E-state index contributed by atoms with van der Waals surface area (Å²) in [6.45, 7) is -0.665. The van der Waals surface area contributed by atoms with E-state index in [1.807, 2.05) is 0 Å². The molecule has 154 valence electrons. The largest absolute Gasteiger partial charge is 0.485 e. The van der Waals surface area contributed by atoms with E-state index in [4.69, 9.17) is 0 Å². The maximum atomic E-state index is 14.1. The van der Waals surface area contributed by atoms with Gasteiger partial charge in [-0.15, -0.1) is 0 Å². The lowest BCUT2D eigenvalue weighted by atomic mass is 9.98. The molecule has 0 aliphatic heterocycles. The number of anilines is 1. The van der Waals surface area contributed by atoms with Gasteiger partial charge in [0.15, 0.2) is 46.5 Å². The highest BCUT2D eigenvalue weighted by Gasteiger charge is 2.43. The number of halogens is 12. The van der Waals surface area contributed by atoms with Gasteiger partial charge in [0.2, 0.25) is 5.82 Å². The van der Waals surface area contributed by atoms with Crippen LogP contribution in [-0.2, 0) is 0 Å². The fourth-order valence-corrected chi connectivity index (χ4v) is 2.39. The van der Waals surface area contributed by atoms with Crippen LogP contribution in [-0.4, -0.2) is 12.8 Å². The molecule has 0 saturated carbocycles. The van der Waals surface area contributed by atoms with Crippen LogP contribution in [0.4, 0.5) is 58.4 Å². The lowest BCUT2D eigenvalue weighted by Crippen LogP contribution is -2.39. The Morgan fingerprint density at radius 1 is 0.536 bits per heavy atom. The van der Waals surface area contributed by atoms with Crippen LogP contribution in [0.1, 0.15) is 6.92 Å². The van der Waals surface area contributed by atoms with Crippen LogP contribution in [0, 0.1) is 52.4 Å². The SMILES string of the molecule is CCN(c1c(F)c(F)c(F)c(F)c1-c1c(F)c(F)c(F)c(F)c1F)C(F)(F)F. The normalized spacial score (nSPS) is 11.9. The molecule has 0 aromatic heterocycles. The third-order valence-electron chi connectivity index (χ3n) is 3.59. The van der Waals surface area contributed by atoms with Gasteiger partial charge in [0.05, 0.1) is 16.8 Å². The zero-order chi connectivity index (χ0) is 21.7. The second-order valence-electron chi connectivity index (χ2n) is 5.14. The number of hydrogen-bond acceptors (Lipinski definition) is 1. The minimum absolute atomic E-state index is 0.661. The molecule has 0 aliphatic carbocycles. The number of hydrogen-bond donors (Lipinski definition) is 0. The Labute approximate surface area is 147 Å². The van der Waals surface area contributed by atoms with Gasteiger partial charge in [-0.05, 0) is 6.92 Å². The summed E-state index contributed by atoms with van der Waals surface area (Å²) < 4.78 is 162. The minimum atomic E-state index is -5.63. The Balaban J connectivity index is 3.14. The summed E-state index contributed by atoms with van der Waals surface area (Å²) in [5.41, 5.74) is -7.03. The molecule has 0 radical (unpaired) electrons. The predicted octanol–water partition coefficient (Wildman–Crippen LogP) is 5.95. The molecule has 0 saturated heterocycles. The Morgan fingerprint density at radius 3 is 1.21 bits per heavy atom. The van der Waals surface area contributed by atoms with Crippen LogP contribution >= 0.6 is 0 Å². The van der Waals surface area contributed by atoms with Crippen molar-refractivity contribution in [3.63, 3.8) is 0 Å². The summed E-state index contributed by atoms with van der Waals surface area (Å²) >= 11 is 0. The van der Waals surface area contributed by atoms with Gasteiger partial charge in [-0.1, -0.05) is 0 Å². The molecule has 0 spiro atoms. The number of alkyl halides is 3. The highest BCUT2D eigenvalue weighted by atomic mass is 19.4. The van der Waals surface area contributed by atoms with Gasteiger partial charge >= 0.3 is 6.30 Å². The van der Waals surface area contributed by atoms with E-state index in [2.05, 4.69) is 0 Å². The Hall–Kier alpha value is -2.60.